The Labute approximate surface area is 79.0 Å². The standard InChI is InChI=1S/C11H16FN/c1-4-13-11-6-5-9(8(2)3)7-10(11)12/h5-8,13H,4H2,1-3H3. The second kappa shape index (κ2) is 4.26. The molecule has 0 spiro atoms. The first-order chi connectivity index (χ1) is 6.15. The highest BCUT2D eigenvalue weighted by atomic mass is 19.1. The predicted octanol–water partition coefficient (Wildman–Crippen LogP) is 3.38. The molecule has 0 aliphatic rings. The predicted molar refractivity (Wildman–Crippen MR) is 54.7 cm³/mol. The van der Waals surface area contributed by atoms with Crippen molar-refractivity contribution in [1.82, 2.24) is 0 Å². The number of anilines is 1. The molecule has 0 atom stereocenters. The summed E-state index contributed by atoms with van der Waals surface area (Å²) in [6.07, 6.45) is 0. The van der Waals surface area contributed by atoms with Crippen LogP contribution in [-0.2, 0) is 0 Å². The maximum Gasteiger partial charge on any atom is 0.146 e. The van der Waals surface area contributed by atoms with E-state index in [1.165, 1.54) is 0 Å². The Bertz CT molecular complexity index is 281. The fourth-order valence-corrected chi connectivity index (χ4v) is 1.22. The fraction of sp³-hybridized carbons (Fsp3) is 0.455. The van der Waals surface area contributed by atoms with Crippen LogP contribution in [0.25, 0.3) is 0 Å². The number of hydrogen-bond acceptors (Lipinski definition) is 1. The number of hydrogen-bond donors (Lipinski definition) is 1. The number of nitrogens with one attached hydrogen (secondary N) is 1. The molecular weight excluding hydrogens is 165 g/mol. The average Bonchev–Trinajstić information content (AvgIpc) is 2.08. The molecule has 0 saturated heterocycles. The van der Waals surface area contributed by atoms with Gasteiger partial charge in [0.25, 0.3) is 0 Å². The van der Waals surface area contributed by atoms with E-state index < -0.39 is 0 Å². The minimum atomic E-state index is -0.159. The van der Waals surface area contributed by atoms with Crippen LogP contribution in [0.15, 0.2) is 18.2 Å². The molecule has 0 heterocycles. The van der Waals surface area contributed by atoms with E-state index in [-0.39, 0.29) is 5.82 Å². The van der Waals surface area contributed by atoms with Crippen molar-refractivity contribution in [2.75, 3.05) is 11.9 Å². The Morgan fingerprint density at radius 2 is 2.08 bits per heavy atom. The fourth-order valence-electron chi connectivity index (χ4n) is 1.22. The van der Waals surface area contributed by atoms with E-state index in [4.69, 9.17) is 0 Å². The van der Waals surface area contributed by atoms with Crippen molar-refractivity contribution in [3.63, 3.8) is 0 Å². The van der Waals surface area contributed by atoms with Crippen molar-refractivity contribution >= 4 is 5.69 Å². The minimum Gasteiger partial charge on any atom is -0.383 e. The lowest BCUT2D eigenvalue weighted by Gasteiger charge is -2.09. The first-order valence-electron chi connectivity index (χ1n) is 4.68. The number of halogens is 1. The highest BCUT2D eigenvalue weighted by molar-refractivity contribution is 5.46. The molecule has 0 aromatic heterocycles. The highest BCUT2D eigenvalue weighted by Gasteiger charge is 2.04. The van der Waals surface area contributed by atoms with Crippen LogP contribution in [0.1, 0.15) is 32.3 Å². The third-order valence-electron chi connectivity index (χ3n) is 2.03. The van der Waals surface area contributed by atoms with E-state index in [0.717, 1.165) is 12.1 Å². The van der Waals surface area contributed by atoms with Gasteiger partial charge < -0.3 is 5.32 Å². The largest absolute Gasteiger partial charge is 0.383 e. The second-order valence-corrected chi connectivity index (χ2v) is 3.42. The Balaban J connectivity index is 2.92. The number of benzene rings is 1. The van der Waals surface area contributed by atoms with Gasteiger partial charge in [0, 0.05) is 6.54 Å². The van der Waals surface area contributed by atoms with Gasteiger partial charge in [0.05, 0.1) is 5.69 Å². The molecule has 0 fully saturated rings. The zero-order chi connectivity index (χ0) is 9.84. The first-order valence-corrected chi connectivity index (χ1v) is 4.68. The van der Waals surface area contributed by atoms with E-state index in [1.54, 1.807) is 12.1 Å². The average molecular weight is 181 g/mol. The van der Waals surface area contributed by atoms with E-state index in [2.05, 4.69) is 19.2 Å². The summed E-state index contributed by atoms with van der Waals surface area (Å²) in [6.45, 7) is 6.82. The summed E-state index contributed by atoms with van der Waals surface area (Å²) in [5.74, 6) is 0.221. The summed E-state index contributed by atoms with van der Waals surface area (Å²) >= 11 is 0. The van der Waals surface area contributed by atoms with Crippen LogP contribution in [-0.4, -0.2) is 6.54 Å². The Morgan fingerprint density at radius 1 is 1.38 bits per heavy atom. The monoisotopic (exact) mass is 181 g/mol. The van der Waals surface area contributed by atoms with Crippen molar-refractivity contribution in [3.05, 3.63) is 29.6 Å². The molecule has 1 rings (SSSR count). The van der Waals surface area contributed by atoms with Crippen molar-refractivity contribution in [1.29, 1.82) is 0 Å². The van der Waals surface area contributed by atoms with Gasteiger partial charge in [0.1, 0.15) is 5.82 Å². The van der Waals surface area contributed by atoms with Crippen LogP contribution in [0, 0.1) is 5.82 Å². The summed E-state index contributed by atoms with van der Waals surface area (Å²) in [7, 11) is 0. The van der Waals surface area contributed by atoms with Crippen molar-refractivity contribution in [2.24, 2.45) is 0 Å². The van der Waals surface area contributed by atoms with Crippen LogP contribution in [0.5, 0.6) is 0 Å². The molecule has 13 heavy (non-hydrogen) atoms. The zero-order valence-electron chi connectivity index (χ0n) is 8.39. The van der Waals surface area contributed by atoms with Gasteiger partial charge in [-0.15, -0.1) is 0 Å². The van der Waals surface area contributed by atoms with E-state index in [9.17, 15) is 4.39 Å². The van der Waals surface area contributed by atoms with Gasteiger partial charge >= 0.3 is 0 Å². The molecule has 0 radical (unpaired) electrons. The maximum atomic E-state index is 13.3. The molecule has 1 nitrogen and oxygen atoms in total. The Morgan fingerprint density at radius 3 is 2.54 bits per heavy atom. The molecule has 0 bridgehead atoms. The third-order valence-corrected chi connectivity index (χ3v) is 2.03. The highest BCUT2D eigenvalue weighted by Crippen LogP contribution is 2.20. The molecule has 0 aliphatic heterocycles. The lowest BCUT2D eigenvalue weighted by atomic mass is 10.0. The van der Waals surface area contributed by atoms with Gasteiger partial charge in [-0.25, -0.2) is 4.39 Å². The van der Waals surface area contributed by atoms with Crippen molar-refractivity contribution < 1.29 is 4.39 Å². The first kappa shape index (κ1) is 10.0. The summed E-state index contributed by atoms with van der Waals surface area (Å²) < 4.78 is 13.3. The van der Waals surface area contributed by atoms with Crippen LogP contribution >= 0.6 is 0 Å². The summed E-state index contributed by atoms with van der Waals surface area (Å²) in [6, 6.07) is 5.36. The van der Waals surface area contributed by atoms with E-state index in [0.29, 0.717) is 11.6 Å². The molecule has 72 valence electrons. The van der Waals surface area contributed by atoms with Crippen LogP contribution in [0.3, 0.4) is 0 Å². The molecule has 1 N–H and O–H groups in total. The summed E-state index contributed by atoms with van der Waals surface area (Å²) in [5, 5.41) is 2.97. The third kappa shape index (κ3) is 2.44. The lowest BCUT2D eigenvalue weighted by molar-refractivity contribution is 0.626. The van der Waals surface area contributed by atoms with E-state index in [1.807, 2.05) is 13.0 Å². The summed E-state index contributed by atoms with van der Waals surface area (Å²) in [4.78, 5) is 0. The van der Waals surface area contributed by atoms with Crippen molar-refractivity contribution in [2.45, 2.75) is 26.7 Å². The molecule has 0 amide bonds. The van der Waals surface area contributed by atoms with Gasteiger partial charge in [0.15, 0.2) is 0 Å². The quantitative estimate of drug-likeness (QED) is 0.753. The van der Waals surface area contributed by atoms with Gasteiger partial charge in [0.2, 0.25) is 0 Å². The summed E-state index contributed by atoms with van der Waals surface area (Å²) in [5.41, 5.74) is 1.63. The molecule has 1 aromatic carbocycles. The second-order valence-electron chi connectivity index (χ2n) is 3.42. The lowest BCUT2D eigenvalue weighted by Crippen LogP contribution is -2.00. The van der Waals surface area contributed by atoms with Crippen LogP contribution in [0.2, 0.25) is 0 Å². The van der Waals surface area contributed by atoms with E-state index >= 15 is 0 Å². The molecule has 2 heteroatoms. The normalized spacial score (nSPS) is 10.5. The Hall–Kier alpha value is -1.05. The van der Waals surface area contributed by atoms with Gasteiger partial charge in [-0.05, 0) is 30.5 Å². The molecule has 0 aliphatic carbocycles. The molecular formula is C11H16FN. The van der Waals surface area contributed by atoms with Gasteiger partial charge in [-0.3, -0.25) is 0 Å². The van der Waals surface area contributed by atoms with Crippen LogP contribution in [0.4, 0.5) is 10.1 Å². The van der Waals surface area contributed by atoms with Gasteiger partial charge in [-0.2, -0.15) is 0 Å². The number of rotatable bonds is 3. The Kier molecular flexibility index (Phi) is 3.29. The SMILES string of the molecule is CCNc1ccc(C(C)C)cc1F. The van der Waals surface area contributed by atoms with Crippen LogP contribution < -0.4 is 5.32 Å². The minimum absolute atomic E-state index is 0.159. The van der Waals surface area contributed by atoms with Gasteiger partial charge in [-0.1, -0.05) is 19.9 Å². The van der Waals surface area contributed by atoms with Crippen molar-refractivity contribution in [3.8, 4) is 0 Å². The molecule has 1 aromatic rings. The maximum absolute atomic E-state index is 13.3. The molecule has 0 saturated carbocycles. The smallest absolute Gasteiger partial charge is 0.146 e. The molecule has 0 unspecified atom stereocenters. The topological polar surface area (TPSA) is 12.0 Å². The zero-order valence-corrected chi connectivity index (χ0v) is 8.39.